The summed E-state index contributed by atoms with van der Waals surface area (Å²) in [4.78, 5) is 59.6. The molecular formula is C38H34N2O4. The Hall–Kier alpha value is -4.58. The van der Waals surface area contributed by atoms with E-state index in [1.807, 2.05) is 66.7 Å². The second kappa shape index (κ2) is 9.98. The highest BCUT2D eigenvalue weighted by Crippen LogP contribution is 2.63. The summed E-state index contributed by atoms with van der Waals surface area (Å²) in [5.74, 6) is -3.89. The Morgan fingerprint density at radius 1 is 0.591 bits per heavy atom. The maximum absolute atomic E-state index is 14.4. The molecule has 0 aromatic heterocycles. The van der Waals surface area contributed by atoms with E-state index in [2.05, 4.69) is 38.1 Å². The molecule has 0 N–H and O–H groups in total. The Labute approximate surface area is 257 Å². The summed E-state index contributed by atoms with van der Waals surface area (Å²) in [5, 5.41) is 0. The van der Waals surface area contributed by atoms with Gasteiger partial charge in [-0.15, -0.1) is 0 Å². The first kappa shape index (κ1) is 27.0. The SMILES string of the molecule is CCc1ccc(N2C(=O)[C@@H]3[C@H]4C=C[C@H](C5=C(c6ccccc6)C[C@H]6C(=O)N(c7ccc(CC)cc7)C(=O)[C@H]6[C@H]54)[C@H]3C2=O)cc1. The second-order valence-corrected chi connectivity index (χ2v) is 12.8. The number of anilines is 2. The highest BCUT2D eigenvalue weighted by molar-refractivity contribution is 6.24. The van der Waals surface area contributed by atoms with E-state index < -0.39 is 23.7 Å². The Kier molecular flexibility index (Phi) is 6.12. The summed E-state index contributed by atoms with van der Waals surface area (Å²) in [6, 6.07) is 25.4. The van der Waals surface area contributed by atoms with Gasteiger partial charge in [0.1, 0.15) is 0 Å². The molecule has 6 nitrogen and oxygen atoms in total. The topological polar surface area (TPSA) is 74.8 Å². The summed E-state index contributed by atoms with van der Waals surface area (Å²) in [6.07, 6.45) is 6.34. The van der Waals surface area contributed by atoms with Crippen molar-refractivity contribution in [3.05, 3.63) is 113 Å². The summed E-state index contributed by atoms with van der Waals surface area (Å²) in [6.45, 7) is 4.14. The van der Waals surface area contributed by atoms with Gasteiger partial charge in [0, 0.05) is 11.8 Å². The van der Waals surface area contributed by atoms with E-state index in [4.69, 9.17) is 0 Å². The molecule has 3 aromatic rings. The molecular weight excluding hydrogens is 548 g/mol. The Bertz CT molecular complexity index is 1770. The molecule has 220 valence electrons. The normalized spacial score (nSPS) is 30.3. The summed E-state index contributed by atoms with van der Waals surface area (Å²) < 4.78 is 0. The van der Waals surface area contributed by atoms with E-state index in [9.17, 15) is 19.2 Å². The molecule has 4 aliphatic carbocycles. The molecule has 6 heteroatoms. The number of nitrogens with zero attached hydrogens (tertiary/aromatic N) is 2. The zero-order valence-corrected chi connectivity index (χ0v) is 24.9. The molecule has 44 heavy (non-hydrogen) atoms. The number of amides is 4. The van der Waals surface area contributed by atoms with Crippen LogP contribution in [-0.4, -0.2) is 23.6 Å². The summed E-state index contributed by atoms with van der Waals surface area (Å²) in [5.41, 5.74) is 6.60. The minimum Gasteiger partial charge on any atom is -0.274 e. The number of aryl methyl sites for hydroxylation is 2. The molecule has 7 atom stereocenters. The van der Waals surface area contributed by atoms with E-state index in [1.165, 1.54) is 9.80 Å². The Morgan fingerprint density at radius 3 is 1.73 bits per heavy atom. The number of benzene rings is 3. The van der Waals surface area contributed by atoms with Gasteiger partial charge < -0.3 is 0 Å². The van der Waals surface area contributed by atoms with Gasteiger partial charge in [-0.25, -0.2) is 0 Å². The number of hydrogen-bond acceptors (Lipinski definition) is 4. The predicted octanol–water partition coefficient (Wildman–Crippen LogP) is 6.01. The molecule has 0 unspecified atom stereocenters. The second-order valence-electron chi connectivity index (χ2n) is 12.8. The van der Waals surface area contributed by atoms with Crippen LogP contribution in [0.25, 0.3) is 5.57 Å². The number of fused-ring (bicyclic) bond motifs is 1. The van der Waals surface area contributed by atoms with Gasteiger partial charge in [-0.3, -0.25) is 29.0 Å². The number of rotatable bonds is 5. The van der Waals surface area contributed by atoms with Crippen molar-refractivity contribution in [2.45, 2.75) is 33.1 Å². The van der Waals surface area contributed by atoms with Crippen molar-refractivity contribution < 1.29 is 19.2 Å². The van der Waals surface area contributed by atoms with E-state index in [1.54, 1.807) is 0 Å². The number of allylic oxidation sites excluding steroid dienone is 4. The van der Waals surface area contributed by atoms with Crippen LogP contribution in [0.3, 0.4) is 0 Å². The van der Waals surface area contributed by atoms with Crippen LogP contribution < -0.4 is 9.80 Å². The molecule has 2 aliphatic heterocycles. The van der Waals surface area contributed by atoms with Crippen LogP contribution in [-0.2, 0) is 32.0 Å². The fourth-order valence-electron chi connectivity index (χ4n) is 8.79. The average Bonchev–Trinajstić information content (AvgIpc) is 3.50. The number of carbonyl (C=O) groups is 4. The zero-order valence-electron chi connectivity index (χ0n) is 24.9. The lowest BCUT2D eigenvalue weighted by molar-refractivity contribution is -0.129. The van der Waals surface area contributed by atoms with Crippen LogP contribution in [0, 0.1) is 41.4 Å². The molecule has 0 radical (unpaired) electrons. The molecule has 9 rings (SSSR count). The van der Waals surface area contributed by atoms with Crippen molar-refractivity contribution in [1.29, 1.82) is 0 Å². The van der Waals surface area contributed by atoms with Gasteiger partial charge >= 0.3 is 0 Å². The molecule has 3 aromatic carbocycles. The van der Waals surface area contributed by atoms with E-state index in [0.29, 0.717) is 17.8 Å². The van der Waals surface area contributed by atoms with Gasteiger partial charge in [0.2, 0.25) is 23.6 Å². The van der Waals surface area contributed by atoms with Crippen LogP contribution in [0.1, 0.15) is 37.0 Å². The standard InChI is InChI=1S/C38H34N2O4/c1-3-21-10-14-24(15-11-21)39-35(41)29-20-28(23-8-6-5-7-9-23)30-26-18-19-27(31(30)34(29)38(39)44)33-32(26)36(42)40(37(33)43)25-16-12-22(4-2)13-17-25/h5-19,26-27,29,31-34H,3-4,20H2,1-2H3/t26-,27+,29-,31+,32-,33-,34-/m1/s1. The number of carbonyl (C=O) groups excluding carboxylic acids is 4. The zero-order chi connectivity index (χ0) is 30.3. The van der Waals surface area contributed by atoms with Crippen molar-refractivity contribution in [3.63, 3.8) is 0 Å². The predicted molar refractivity (Wildman–Crippen MR) is 168 cm³/mol. The van der Waals surface area contributed by atoms with Gasteiger partial charge in [0.25, 0.3) is 0 Å². The maximum Gasteiger partial charge on any atom is 0.238 e. The van der Waals surface area contributed by atoms with E-state index in [-0.39, 0.29) is 41.4 Å². The highest BCUT2D eigenvalue weighted by atomic mass is 16.2. The van der Waals surface area contributed by atoms with E-state index >= 15 is 0 Å². The van der Waals surface area contributed by atoms with Gasteiger partial charge in [-0.2, -0.15) is 0 Å². The first-order valence-electron chi connectivity index (χ1n) is 15.8. The van der Waals surface area contributed by atoms with Gasteiger partial charge in [0.15, 0.2) is 0 Å². The molecule has 2 saturated heterocycles. The molecule has 4 amide bonds. The smallest absolute Gasteiger partial charge is 0.238 e. The largest absolute Gasteiger partial charge is 0.274 e. The Balaban J connectivity index is 1.25. The van der Waals surface area contributed by atoms with Crippen LogP contribution >= 0.6 is 0 Å². The maximum atomic E-state index is 14.4. The summed E-state index contributed by atoms with van der Waals surface area (Å²) in [7, 11) is 0. The Morgan fingerprint density at radius 2 is 1.14 bits per heavy atom. The van der Waals surface area contributed by atoms with Crippen molar-refractivity contribution in [2.24, 2.45) is 41.4 Å². The van der Waals surface area contributed by atoms with Gasteiger partial charge in [0.05, 0.1) is 35.0 Å². The fourth-order valence-corrected chi connectivity index (χ4v) is 8.79. The summed E-state index contributed by atoms with van der Waals surface area (Å²) >= 11 is 0. The van der Waals surface area contributed by atoms with Crippen LogP contribution in [0.4, 0.5) is 11.4 Å². The minimum atomic E-state index is -0.574. The lowest BCUT2D eigenvalue weighted by Gasteiger charge is -2.51. The third-order valence-electron chi connectivity index (χ3n) is 10.8. The van der Waals surface area contributed by atoms with Crippen molar-refractivity contribution in [3.8, 4) is 0 Å². The van der Waals surface area contributed by atoms with Crippen molar-refractivity contribution in [2.75, 3.05) is 9.80 Å². The average molecular weight is 583 g/mol. The van der Waals surface area contributed by atoms with E-state index in [0.717, 1.165) is 40.7 Å². The minimum absolute atomic E-state index is 0.171. The molecule has 6 aliphatic rings. The fraction of sp³-hybridized carbons (Fsp3) is 0.316. The molecule has 3 fully saturated rings. The first-order chi connectivity index (χ1) is 21.4. The quantitative estimate of drug-likeness (QED) is 0.273. The monoisotopic (exact) mass is 582 g/mol. The van der Waals surface area contributed by atoms with Crippen LogP contribution in [0.15, 0.2) is 96.6 Å². The first-order valence-corrected chi connectivity index (χ1v) is 15.8. The van der Waals surface area contributed by atoms with Crippen LogP contribution in [0.5, 0.6) is 0 Å². The van der Waals surface area contributed by atoms with Crippen molar-refractivity contribution >= 4 is 40.6 Å². The molecule has 2 bridgehead atoms. The molecule has 1 saturated carbocycles. The van der Waals surface area contributed by atoms with Crippen LogP contribution in [0.2, 0.25) is 0 Å². The number of imide groups is 2. The van der Waals surface area contributed by atoms with Gasteiger partial charge in [-0.1, -0.05) is 86.2 Å². The molecule has 0 spiro atoms. The lowest BCUT2D eigenvalue weighted by Crippen LogP contribution is -2.51. The number of hydrogen-bond donors (Lipinski definition) is 0. The third-order valence-corrected chi connectivity index (χ3v) is 10.8. The van der Waals surface area contributed by atoms with Gasteiger partial charge in [-0.05, 0) is 71.7 Å². The molecule has 2 heterocycles. The highest BCUT2D eigenvalue weighted by Gasteiger charge is 2.67. The van der Waals surface area contributed by atoms with Crippen molar-refractivity contribution in [1.82, 2.24) is 0 Å². The third kappa shape index (κ3) is 3.66. The lowest BCUT2D eigenvalue weighted by atomic mass is 9.49.